The van der Waals surface area contributed by atoms with E-state index in [1.807, 2.05) is 26.8 Å². The number of pyridine rings is 1. The van der Waals surface area contributed by atoms with Crippen LogP contribution in [0.25, 0.3) is 0 Å². The van der Waals surface area contributed by atoms with E-state index < -0.39 is 0 Å². The first-order chi connectivity index (χ1) is 9.24. The Kier molecular flexibility index (Phi) is 6.89. The predicted molar refractivity (Wildman–Crippen MR) is 76.5 cm³/mol. The molecule has 0 aliphatic rings. The maximum atomic E-state index is 12.5. The number of likely N-dealkylation sites (N-methyl/N-ethyl adjacent to an activating group) is 1. The molecule has 0 bridgehead atoms. The van der Waals surface area contributed by atoms with Gasteiger partial charge in [0.2, 0.25) is 0 Å². The lowest BCUT2D eigenvalue weighted by Gasteiger charge is -2.22. The summed E-state index contributed by atoms with van der Waals surface area (Å²) in [5, 5.41) is 3.18. The summed E-state index contributed by atoms with van der Waals surface area (Å²) in [6.45, 7) is 9.18. The van der Waals surface area contributed by atoms with Gasteiger partial charge in [-0.05, 0) is 26.8 Å². The van der Waals surface area contributed by atoms with Crippen LogP contribution in [0.15, 0.2) is 18.5 Å². The number of nitrogens with one attached hydrogen (secondary N) is 1. The van der Waals surface area contributed by atoms with Crippen molar-refractivity contribution in [3.8, 4) is 0 Å². The summed E-state index contributed by atoms with van der Waals surface area (Å²) >= 11 is 0. The topological polar surface area (TPSA) is 54.5 Å². The lowest BCUT2D eigenvalue weighted by molar-refractivity contribution is 0.0669. The third-order valence-corrected chi connectivity index (χ3v) is 2.80. The Labute approximate surface area is 115 Å². The van der Waals surface area contributed by atoms with E-state index in [1.54, 1.807) is 17.3 Å². The Hall–Kier alpha value is -1.62. The average molecular weight is 265 g/mol. The molecule has 1 N–H and O–H groups in total. The van der Waals surface area contributed by atoms with Crippen LogP contribution in [0.2, 0.25) is 0 Å². The minimum absolute atomic E-state index is 0.00810. The molecule has 0 saturated carbocycles. The van der Waals surface area contributed by atoms with Crippen LogP contribution < -0.4 is 5.32 Å². The van der Waals surface area contributed by atoms with E-state index in [0.29, 0.717) is 31.9 Å². The largest absolute Gasteiger partial charge is 0.385 e. The number of anilines is 1. The van der Waals surface area contributed by atoms with Crippen molar-refractivity contribution in [3.63, 3.8) is 0 Å². The highest BCUT2D eigenvalue weighted by molar-refractivity contribution is 5.99. The van der Waals surface area contributed by atoms with Crippen molar-refractivity contribution >= 4 is 11.6 Å². The molecule has 1 aromatic rings. The number of carbonyl (C=O) groups is 1. The van der Waals surface area contributed by atoms with Crippen molar-refractivity contribution < 1.29 is 9.53 Å². The van der Waals surface area contributed by atoms with E-state index in [-0.39, 0.29) is 5.91 Å². The van der Waals surface area contributed by atoms with Crippen LogP contribution in [-0.2, 0) is 4.74 Å². The molecule has 0 saturated heterocycles. The molecule has 1 heterocycles. The summed E-state index contributed by atoms with van der Waals surface area (Å²) in [5.74, 6) is -0.00810. The number of ether oxygens (including phenoxy) is 1. The summed E-state index contributed by atoms with van der Waals surface area (Å²) in [6.07, 6.45) is 3.30. The molecule has 106 valence electrons. The highest BCUT2D eigenvalue weighted by Crippen LogP contribution is 2.15. The molecule has 0 atom stereocenters. The Morgan fingerprint density at radius 3 is 2.84 bits per heavy atom. The predicted octanol–water partition coefficient (Wildman–Crippen LogP) is 2.01. The fraction of sp³-hybridized carbons (Fsp3) is 0.571. The van der Waals surface area contributed by atoms with Gasteiger partial charge in [0.1, 0.15) is 0 Å². The number of hydrogen-bond donors (Lipinski definition) is 1. The van der Waals surface area contributed by atoms with Crippen molar-refractivity contribution in [2.45, 2.75) is 20.8 Å². The second-order valence-electron chi connectivity index (χ2n) is 4.03. The summed E-state index contributed by atoms with van der Waals surface area (Å²) in [7, 11) is 0. The summed E-state index contributed by atoms with van der Waals surface area (Å²) in [6, 6.07) is 1.83. The van der Waals surface area contributed by atoms with Gasteiger partial charge >= 0.3 is 0 Å². The number of rotatable bonds is 8. The van der Waals surface area contributed by atoms with Crippen molar-refractivity contribution in [3.05, 3.63) is 24.0 Å². The fourth-order valence-electron chi connectivity index (χ4n) is 1.80. The minimum atomic E-state index is -0.00810. The zero-order chi connectivity index (χ0) is 14.1. The van der Waals surface area contributed by atoms with Gasteiger partial charge in [-0.25, -0.2) is 0 Å². The van der Waals surface area contributed by atoms with Gasteiger partial charge in [0, 0.05) is 38.6 Å². The highest BCUT2D eigenvalue weighted by Gasteiger charge is 2.17. The summed E-state index contributed by atoms with van der Waals surface area (Å²) in [4.78, 5) is 18.3. The number of carbonyl (C=O) groups excluding carboxylic acids is 1. The third-order valence-electron chi connectivity index (χ3n) is 2.80. The van der Waals surface area contributed by atoms with Crippen LogP contribution in [0.5, 0.6) is 0 Å². The Bertz CT molecular complexity index is 396. The Morgan fingerprint density at radius 1 is 1.42 bits per heavy atom. The van der Waals surface area contributed by atoms with Gasteiger partial charge in [0.05, 0.1) is 17.9 Å². The van der Waals surface area contributed by atoms with Gasteiger partial charge < -0.3 is 15.0 Å². The van der Waals surface area contributed by atoms with Crippen molar-refractivity contribution in [2.24, 2.45) is 0 Å². The van der Waals surface area contributed by atoms with E-state index in [1.165, 1.54) is 0 Å². The van der Waals surface area contributed by atoms with E-state index in [0.717, 1.165) is 12.2 Å². The minimum Gasteiger partial charge on any atom is -0.385 e. The number of aromatic nitrogens is 1. The molecule has 1 rings (SSSR count). The second-order valence-corrected chi connectivity index (χ2v) is 4.03. The molecule has 5 nitrogen and oxygen atoms in total. The molecule has 0 spiro atoms. The molecule has 5 heteroatoms. The first kappa shape index (κ1) is 15.4. The quantitative estimate of drug-likeness (QED) is 0.731. The summed E-state index contributed by atoms with van der Waals surface area (Å²) in [5.41, 5.74) is 1.44. The normalized spacial score (nSPS) is 10.3. The molecule has 0 radical (unpaired) electrons. The smallest absolute Gasteiger partial charge is 0.257 e. The Morgan fingerprint density at radius 2 is 2.21 bits per heavy atom. The first-order valence-electron chi connectivity index (χ1n) is 6.79. The highest BCUT2D eigenvalue weighted by atomic mass is 16.5. The van der Waals surface area contributed by atoms with E-state index in [9.17, 15) is 4.79 Å². The van der Waals surface area contributed by atoms with Crippen LogP contribution >= 0.6 is 0 Å². The molecule has 0 fully saturated rings. The van der Waals surface area contributed by atoms with Crippen LogP contribution in [0.4, 0.5) is 5.69 Å². The van der Waals surface area contributed by atoms with Crippen LogP contribution in [0, 0.1) is 0 Å². The van der Waals surface area contributed by atoms with Crippen LogP contribution in [-0.4, -0.2) is 48.6 Å². The van der Waals surface area contributed by atoms with E-state index in [2.05, 4.69) is 10.3 Å². The molecule has 0 aromatic carbocycles. The number of amides is 1. The van der Waals surface area contributed by atoms with Gasteiger partial charge in [-0.1, -0.05) is 0 Å². The zero-order valence-electron chi connectivity index (χ0n) is 12.0. The van der Waals surface area contributed by atoms with Gasteiger partial charge in [-0.15, -0.1) is 0 Å². The second kappa shape index (κ2) is 8.48. The first-order valence-corrected chi connectivity index (χ1v) is 6.79. The average Bonchev–Trinajstić information content (AvgIpc) is 2.44. The lowest BCUT2D eigenvalue weighted by Crippen LogP contribution is -2.34. The number of hydrogen-bond acceptors (Lipinski definition) is 4. The zero-order valence-corrected chi connectivity index (χ0v) is 12.0. The van der Waals surface area contributed by atoms with Gasteiger partial charge in [0.15, 0.2) is 0 Å². The summed E-state index contributed by atoms with van der Waals surface area (Å²) < 4.78 is 5.30. The molecule has 0 unspecified atom stereocenters. The van der Waals surface area contributed by atoms with Gasteiger partial charge in [0.25, 0.3) is 5.91 Å². The van der Waals surface area contributed by atoms with Gasteiger partial charge in [-0.2, -0.15) is 0 Å². The van der Waals surface area contributed by atoms with E-state index >= 15 is 0 Å². The Balaban J connectivity index is 2.78. The molecule has 0 aliphatic carbocycles. The van der Waals surface area contributed by atoms with Gasteiger partial charge in [-0.3, -0.25) is 9.78 Å². The van der Waals surface area contributed by atoms with Crippen LogP contribution in [0.3, 0.4) is 0 Å². The van der Waals surface area contributed by atoms with Crippen molar-refractivity contribution in [1.82, 2.24) is 9.88 Å². The standard InChI is InChI=1S/C14H23N3O2/c1-4-16-13-7-8-15-11-12(13)14(18)17(5-2)9-10-19-6-3/h7-8,11H,4-6,9-10H2,1-3H3,(H,15,16). The number of nitrogens with zero attached hydrogens (tertiary/aromatic N) is 2. The monoisotopic (exact) mass is 265 g/mol. The van der Waals surface area contributed by atoms with E-state index in [4.69, 9.17) is 4.74 Å². The lowest BCUT2D eigenvalue weighted by atomic mass is 10.2. The molecule has 19 heavy (non-hydrogen) atoms. The molecule has 0 aliphatic heterocycles. The van der Waals surface area contributed by atoms with Crippen LogP contribution in [0.1, 0.15) is 31.1 Å². The fourth-order valence-corrected chi connectivity index (χ4v) is 1.80. The van der Waals surface area contributed by atoms with Crippen molar-refractivity contribution in [2.75, 3.05) is 38.2 Å². The van der Waals surface area contributed by atoms with Crippen molar-refractivity contribution in [1.29, 1.82) is 0 Å². The maximum absolute atomic E-state index is 12.5. The molecule has 1 amide bonds. The third kappa shape index (κ3) is 4.52. The SMILES string of the molecule is CCNc1ccncc1C(=O)N(CC)CCOCC. The maximum Gasteiger partial charge on any atom is 0.257 e. The molecular formula is C14H23N3O2. The molecule has 1 aromatic heterocycles. The molecular weight excluding hydrogens is 242 g/mol.